The predicted octanol–water partition coefficient (Wildman–Crippen LogP) is 0.859. The van der Waals surface area contributed by atoms with E-state index >= 15 is 0 Å². The molecule has 0 spiro atoms. The van der Waals surface area contributed by atoms with E-state index < -0.39 is 10.0 Å². The van der Waals surface area contributed by atoms with Crippen molar-refractivity contribution in [3.8, 4) is 0 Å². The number of fused-ring (bicyclic) bond motifs is 2. The van der Waals surface area contributed by atoms with Crippen molar-refractivity contribution in [2.75, 3.05) is 20.1 Å². The third-order valence-electron chi connectivity index (χ3n) is 3.90. The molecule has 0 aromatic carbocycles. The molecule has 3 heterocycles. The monoisotopic (exact) mass is 300 g/mol. The molecule has 2 unspecified atom stereocenters. The van der Waals surface area contributed by atoms with Crippen molar-refractivity contribution in [3.63, 3.8) is 0 Å². The molecule has 3 rings (SSSR count). The first kappa shape index (κ1) is 14.1. The Morgan fingerprint density at radius 2 is 2.00 bits per heavy atom. The molecule has 1 aromatic rings. The van der Waals surface area contributed by atoms with E-state index in [1.165, 1.54) is 0 Å². The molecule has 2 saturated heterocycles. The number of morpholine rings is 1. The average Bonchev–Trinajstić information content (AvgIpc) is 2.93. The smallest absolute Gasteiger partial charge is 0.246 e. The number of nitrogens with zero attached hydrogens (tertiary/aromatic N) is 1. The standard InChI is InChI=1S/C13H20N2O4S/c1-9-13(5-12(18-9)6-14-2)20(16,17)15-7-10-3-4-11(8-15)19-10/h5,10-11,14H,3-4,6-8H2,1-2H3. The first-order valence-electron chi connectivity index (χ1n) is 6.90. The van der Waals surface area contributed by atoms with Crippen molar-refractivity contribution < 1.29 is 17.6 Å². The zero-order chi connectivity index (χ0) is 14.3. The van der Waals surface area contributed by atoms with Crippen LogP contribution in [0.3, 0.4) is 0 Å². The molecule has 7 heteroatoms. The highest BCUT2D eigenvalue weighted by atomic mass is 32.2. The molecule has 0 radical (unpaired) electrons. The molecule has 2 aliphatic rings. The van der Waals surface area contributed by atoms with Crippen LogP contribution in [0.15, 0.2) is 15.4 Å². The number of hydrogen-bond acceptors (Lipinski definition) is 5. The maximum Gasteiger partial charge on any atom is 0.246 e. The van der Waals surface area contributed by atoms with E-state index in [0.717, 1.165) is 12.8 Å². The minimum Gasteiger partial charge on any atom is -0.464 e. The molecule has 112 valence electrons. The maximum atomic E-state index is 12.7. The molecular formula is C13H20N2O4S. The fraction of sp³-hybridized carbons (Fsp3) is 0.692. The summed E-state index contributed by atoms with van der Waals surface area (Å²) >= 11 is 0. The second-order valence-electron chi connectivity index (χ2n) is 5.44. The second kappa shape index (κ2) is 5.14. The predicted molar refractivity (Wildman–Crippen MR) is 72.9 cm³/mol. The second-order valence-corrected chi connectivity index (χ2v) is 7.35. The molecular weight excluding hydrogens is 280 g/mol. The van der Waals surface area contributed by atoms with Gasteiger partial charge in [0.2, 0.25) is 10.0 Å². The summed E-state index contributed by atoms with van der Waals surface area (Å²) in [6.45, 7) is 3.11. The highest BCUT2D eigenvalue weighted by Crippen LogP contribution is 2.31. The minimum absolute atomic E-state index is 0.0486. The number of furan rings is 1. The summed E-state index contributed by atoms with van der Waals surface area (Å²) in [5, 5.41) is 2.96. The number of ether oxygens (including phenoxy) is 1. The van der Waals surface area contributed by atoms with E-state index in [0.29, 0.717) is 31.2 Å². The summed E-state index contributed by atoms with van der Waals surface area (Å²) in [5.74, 6) is 1.09. The molecule has 20 heavy (non-hydrogen) atoms. The first-order valence-corrected chi connectivity index (χ1v) is 8.34. The summed E-state index contributed by atoms with van der Waals surface area (Å²) in [6, 6.07) is 1.62. The van der Waals surface area contributed by atoms with Gasteiger partial charge >= 0.3 is 0 Å². The number of hydrogen-bond donors (Lipinski definition) is 1. The van der Waals surface area contributed by atoms with Gasteiger partial charge in [0.15, 0.2) is 0 Å². The van der Waals surface area contributed by atoms with E-state index in [9.17, 15) is 8.42 Å². The van der Waals surface area contributed by atoms with E-state index in [2.05, 4.69) is 5.32 Å². The Morgan fingerprint density at radius 1 is 1.35 bits per heavy atom. The Balaban J connectivity index is 1.88. The van der Waals surface area contributed by atoms with Gasteiger partial charge in [0, 0.05) is 19.2 Å². The third kappa shape index (κ3) is 2.39. The Kier molecular flexibility index (Phi) is 3.62. The lowest BCUT2D eigenvalue weighted by atomic mass is 10.2. The summed E-state index contributed by atoms with van der Waals surface area (Å²) in [6.07, 6.45) is 2.00. The summed E-state index contributed by atoms with van der Waals surface area (Å²) in [7, 11) is -1.69. The summed E-state index contributed by atoms with van der Waals surface area (Å²) in [4.78, 5) is 0.282. The molecule has 0 saturated carbocycles. The Labute approximate surface area is 119 Å². The van der Waals surface area contributed by atoms with Crippen molar-refractivity contribution >= 4 is 10.0 Å². The lowest BCUT2D eigenvalue weighted by molar-refractivity contribution is -0.0114. The van der Waals surface area contributed by atoms with Crippen LogP contribution in [0.2, 0.25) is 0 Å². The van der Waals surface area contributed by atoms with Crippen molar-refractivity contribution in [3.05, 3.63) is 17.6 Å². The molecule has 0 amide bonds. The van der Waals surface area contributed by atoms with Gasteiger partial charge in [-0.1, -0.05) is 0 Å². The highest BCUT2D eigenvalue weighted by molar-refractivity contribution is 7.89. The Bertz CT molecular complexity index is 584. The lowest BCUT2D eigenvalue weighted by Gasteiger charge is -2.30. The largest absolute Gasteiger partial charge is 0.464 e. The van der Waals surface area contributed by atoms with Gasteiger partial charge in [-0.25, -0.2) is 8.42 Å². The number of rotatable bonds is 4. The molecule has 1 aromatic heterocycles. The molecule has 2 fully saturated rings. The molecule has 2 atom stereocenters. The first-order chi connectivity index (χ1) is 9.50. The van der Waals surface area contributed by atoms with Gasteiger partial charge in [0.05, 0.1) is 18.8 Å². The molecule has 0 aliphatic carbocycles. The molecule has 1 N–H and O–H groups in total. The van der Waals surface area contributed by atoms with E-state index in [1.54, 1.807) is 24.3 Å². The van der Waals surface area contributed by atoms with Gasteiger partial charge in [-0.05, 0) is 26.8 Å². The van der Waals surface area contributed by atoms with Crippen LogP contribution in [-0.2, 0) is 21.3 Å². The van der Waals surface area contributed by atoms with E-state index in [4.69, 9.17) is 9.15 Å². The molecule has 6 nitrogen and oxygen atoms in total. The van der Waals surface area contributed by atoms with Crippen molar-refractivity contribution in [1.82, 2.24) is 9.62 Å². The van der Waals surface area contributed by atoms with Gasteiger partial charge < -0.3 is 14.5 Å². The van der Waals surface area contributed by atoms with Gasteiger partial charge in [0.25, 0.3) is 0 Å². The topological polar surface area (TPSA) is 71.8 Å². The fourth-order valence-electron chi connectivity index (χ4n) is 2.95. The van der Waals surface area contributed by atoms with Crippen LogP contribution in [0.4, 0.5) is 0 Å². The van der Waals surface area contributed by atoms with Gasteiger partial charge in [0.1, 0.15) is 16.4 Å². The van der Waals surface area contributed by atoms with Crippen molar-refractivity contribution in [2.45, 2.75) is 43.4 Å². The quantitative estimate of drug-likeness (QED) is 0.893. The Morgan fingerprint density at radius 3 is 2.60 bits per heavy atom. The van der Waals surface area contributed by atoms with Crippen molar-refractivity contribution in [2.24, 2.45) is 0 Å². The van der Waals surface area contributed by atoms with Crippen LogP contribution in [0.5, 0.6) is 0 Å². The third-order valence-corrected chi connectivity index (χ3v) is 5.84. The lowest BCUT2D eigenvalue weighted by Crippen LogP contribution is -2.45. The van der Waals surface area contributed by atoms with E-state index in [-0.39, 0.29) is 17.1 Å². The maximum absolute atomic E-state index is 12.7. The zero-order valence-electron chi connectivity index (χ0n) is 11.8. The molecule has 2 bridgehead atoms. The van der Waals surface area contributed by atoms with Crippen LogP contribution >= 0.6 is 0 Å². The SMILES string of the molecule is CNCc1cc(S(=O)(=O)N2CC3CCC(C2)O3)c(C)o1. The average molecular weight is 300 g/mol. The Hall–Kier alpha value is -0.890. The minimum atomic E-state index is -3.48. The van der Waals surface area contributed by atoms with Crippen LogP contribution in [0.1, 0.15) is 24.4 Å². The number of sulfonamides is 1. The van der Waals surface area contributed by atoms with Crippen LogP contribution in [0, 0.1) is 6.92 Å². The fourth-order valence-corrected chi connectivity index (χ4v) is 4.64. The van der Waals surface area contributed by atoms with Crippen molar-refractivity contribution in [1.29, 1.82) is 0 Å². The molecule has 2 aliphatic heterocycles. The van der Waals surface area contributed by atoms with Gasteiger partial charge in [-0.2, -0.15) is 4.31 Å². The van der Waals surface area contributed by atoms with E-state index in [1.807, 2.05) is 0 Å². The zero-order valence-corrected chi connectivity index (χ0v) is 12.6. The van der Waals surface area contributed by atoms with Gasteiger partial charge in [-0.15, -0.1) is 0 Å². The van der Waals surface area contributed by atoms with Crippen LogP contribution in [-0.4, -0.2) is 45.1 Å². The van der Waals surface area contributed by atoms with Crippen LogP contribution in [0.25, 0.3) is 0 Å². The normalized spacial score (nSPS) is 27.1. The van der Waals surface area contributed by atoms with Crippen LogP contribution < -0.4 is 5.32 Å². The summed E-state index contributed by atoms with van der Waals surface area (Å²) < 4.78 is 38.2. The number of aryl methyl sites for hydroxylation is 1. The summed E-state index contributed by atoms with van der Waals surface area (Å²) in [5.41, 5.74) is 0. The highest BCUT2D eigenvalue weighted by Gasteiger charge is 2.40. The number of nitrogens with one attached hydrogen (secondary N) is 1. The van der Waals surface area contributed by atoms with Gasteiger partial charge in [-0.3, -0.25) is 0 Å².